The van der Waals surface area contributed by atoms with E-state index in [4.69, 9.17) is 10.5 Å². The van der Waals surface area contributed by atoms with Crippen LogP contribution in [0.15, 0.2) is 46.7 Å². The van der Waals surface area contributed by atoms with E-state index in [0.29, 0.717) is 10.6 Å². The standard InChI is InChI=1S/C18H18N2O4S2/c1-12-8-9-25-14(12)6-7-18(23)24-10-17(22)20-13-4-2-3-5-15(13)26-11-16(19)21/h2-9H,10-11H2,1H3,(H2,19,21)(H,20,22)/b7-6+. The van der Waals surface area contributed by atoms with Gasteiger partial charge in [0.25, 0.3) is 5.91 Å². The zero-order chi connectivity index (χ0) is 18.9. The van der Waals surface area contributed by atoms with Crippen LogP contribution in [0, 0.1) is 6.92 Å². The number of benzene rings is 1. The number of hydrogen-bond donors (Lipinski definition) is 2. The first kappa shape index (κ1) is 19.7. The second-order valence-electron chi connectivity index (χ2n) is 5.21. The summed E-state index contributed by atoms with van der Waals surface area (Å²) in [5, 5.41) is 4.59. The first-order valence-electron chi connectivity index (χ1n) is 7.64. The van der Waals surface area contributed by atoms with Crippen LogP contribution in [0.5, 0.6) is 0 Å². The van der Waals surface area contributed by atoms with Crippen molar-refractivity contribution in [1.82, 2.24) is 0 Å². The molecule has 8 heteroatoms. The second-order valence-corrected chi connectivity index (χ2v) is 7.17. The van der Waals surface area contributed by atoms with Gasteiger partial charge in [0.15, 0.2) is 6.61 Å². The molecule has 1 aromatic heterocycles. The number of esters is 1. The quantitative estimate of drug-likeness (QED) is 0.410. The van der Waals surface area contributed by atoms with E-state index in [-0.39, 0.29) is 5.75 Å². The van der Waals surface area contributed by atoms with Gasteiger partial charge >= 0.3 is 5.97 Å². The molecule has 2 amide bonds. The molecule has 0 aliphatic rings. The molecule has 0 saturated carbocycles. The number of anilines is 1. The minimum absolute atomic E-state index is 0.106. The van der Waals surface area contributed by atoms with Crippen molar-refractivity contribution >= 4 is 52.6 Å². The number of primary amides is 1. The Labute approximate surface area is 159 Å². The molecular formula is C18H18N2O4S2. The summed E-state index contributed by atoms with van der Waals surface area (Å²) in [6.45, 7) is 1.55. The second kappa shape index (κ2) is 9.79. The van der Waals surface area contributed by atoms with E-state index in [0.717, 1.165) is 10.4 Å². The minimum atomic E-state index is -0.593. The number of para-hydroxylation sites is 1. The average Bonchev–Trinajstić information content (AvgIpc) is 3.02. The molecule has 0 spiro atoms. The number of thioether (sulfide) groups is 1. The van der Waals surface area contributed by atoms with E-state index in [9.17, 15) is 14.4 Å². The normalized spacial score (nSPS) is 10.7. The van der Waals surface area contributed by atoms with Crippen molar-refractivity contribution in [2.24, 2.45) is 5.73 Å². The highest BCUT2D eigenvalue weighted by molar-refractivity contribution is 8.00. The van der Waals surface area contributed by atoms with Crippen LogP contribution in [0.2, 0.25) is 0 Å². The highest BCUT2D eigenvalue weighted by atomic mass is 32.2. The molecule has 0 aliphatic heterocycles. The summed E-state index contributed by atoms with van der Waals surface area (Å²) in [6.07, 6.45) is 2.96. The van der Waals surface area contributed by atoms with Crippen LogP contribution >= 0.6 is 23.1 Å². The molecule has 3 N–H and O–H groups in total. The Balaban J connectivity index is 1.85. The summed E-state index contributed by atoms with van der Waals surface area (Å²) in [5.41, 5.74) is 6.74. The smallest absolute Gasteiger partial charge is 0.331 e. The Morgan fingerprint density at radius 1 is 1.27 bits per heavy atom. The topological polar surface area (TPSA) is 98.5 Å². The number of carbonyl (C=O) groups excluding carboxylic acids is 3. The Kier molecular flexibility index (Phi) is 7.43. The third kappa shape index (κ3) is 6.38. The first-order chi connectivity index (χ1) is 12.5. The van der Waals surface area contributed by atoms with E-state index in [1.165, 1.54) is 29.2 Å². The number of aryl methyl sites for hydroxylation is 1. The highest BCUT2D eigenvalue weighted by Gasteiger charge is 2.10. The van der Waals surface area contributed by atoms with Gasteiger partial charge in [0.05, 0.1) is 11.4 Å². The fraction of sp³-hybridized carbons (Fsp3) is 0.167. The molecule has 26 heavy (non-hydrogen) atoms. The van der Waals surface area contributed by atoms with Crippen LogP contribution in [0.3, 0.4) is 0 Å². The average molecular weight is 390 g/mol. The largest absolute Gasteiger partial charge is 0.452 e. The molecule has 0 unspecified atom stereocenters. The summed E-state index contributed by atoms with van der Waals surface area (Å²) in [5.74, 6) is -1.40. The molecule has 1 heterocycles. The molecular weight excluding hydrogens is 372 g/mol. The maximum Gasteiger partial charge on any atom is 0.331 e. The molecule has 0 saturated heterocycles. The Hall–Kier alpha value is -2.58. The molecule has 0 atom stereocenters. The van der Waals surface area contributed by atoms with Gasteiger partial charge in [0.1, 0.15) is 0 Å². The highest BCUT2D eigenvalue weighted by Crippen LogP contribution is 2.26. The fourth-order valence-electron chi connectivity index (χ4n) is 1.91. The van der Waals surface area contributed by atoms with Gasteiger partial charge in [-0.25, -0.2) is 4.79 Å². The zero-order valence-corrected chi connectivity index (χ0v) is 15.7. The molecule has 0 aliphatic carbocycles. The third-order valence-electron chi connectivity index (χ3n) is 3.15. The van der Waals surface area contributed by atoms with Crippen LogP contribution in [-0.2, 0) is 19.1 Å². The number of carbonyl (C=O) groups is 3. The van der Waals surface area contributed by atoms with Crippen molar-refractivity contribution in [1.29, 1.82) is 0 Å². The van der Waals surface area contributed by atoms with Crippen LogP contribution in [0.4, 0.5) is 5.69 Å². The number of thiophene rings is 1. The first-order valence-corrected chi connectivity index (χ1v) is 9.51. The molecule has 2 aromatic rings. The van der Waals surface area contributed by atoms with Gasteiger partial charge in [-0.15, -0.1) is 23.1 Å². The van der Waals surface area contributed by atoms with E-state index in [1.54, 1.807) is 30.3 Å². The van der Waals surface area contributed by atoms with Crippen molar-refractivity contribution in [2.75, 3.05) is 17.7 Å². The SMILES string of the molecule is Cc1ccsc1/C=C/C(=O)OCC(=O)Nc1ccccc1SCC(N)=O. The summed E-state index contributed by atoms with van der Waals surface area (Å²) in [6, 6.07) is 8.96. The monoisotopic (exact) mass is 390 g/mol. The molecule has 0 fully saturated rings. The van der Waals surface area contributed by atoms with E-state index in [2.05, 4.69) is 5.32 Å². The summed E-state index contributed by atoms with van der Waals surface area (Å²) in [7, 11) is 0. The molecule has 6 nitrogen and oxygen atoms in total. The Bertz CT molecular complexity index is 830. The minimum Gasteiger partial charge on any atom is -0.452 e. The molecule has 0 radical (unpaired) electrons. The molecule has 2 rings (SSSR count). The number of nitrogens with one attached hydrogen (secondary N) is 1. The number of hydrogen-bond acceptors (Lipinski definition) is 6. The van der Waals surface area contributed by atoms with Crippen molar-refractivity contribution in [3.8, 4) is 0 Å². The number of rotatable bonds is 8. The van der Waals surface area contributed by atoms with Crippen molar-refractivity contribution in [3.05, 3.63) is 52.2 Å². The van der Waals surface area contributed by atoms with Gasteiger partial charge < -0.3 is 15.8 Å². The Morgan fingerprint density at radius 2 is 2.04 bits per heavy atom. The van der Waals surface area contributed by atoms with Gasteiger partial charge in [-0.2, -0.15) is 0 Å². The van der Waals surface area contributed by atoms with E-state index >= 15 is 0 Å². The van der Waals surface area contributed by atoms with Gasteiger partial charge in [-0.1, -0.05) is 12.1 Å². The molecule has 0 bridgehead atoms. The van der Waals surface area contributed by atoms with Crippen molar-refractivity contribution in [3.63, 3.8) is 0 Å². The van der Waals surface area contributed by atoms with Crippen molar-refractivity contribution < 1.29 is 19.1 Å². The summed E-state index contributed by atoms with van der Waals surface area (Å²) in [4.78, 5) is 36.3. The number of ether oxygens (including phenoxy) is 1. The predicted molar refractivity (Wildman–Crippen MR) is 104 cm³/mol. The van der Waals surface area contributed by atoms with E-state index < -0.39 is 24.4 Å². The lowest BCUT2D eigenvalue weighted by Gasteiger charge is -2.10. The van der Waals surface area contributed by atoms with Gasteiger partial charge in [-0.05, 0) is 42.1 Å². The van der Waals surface area contributed by atoms with Gasteiger partial charge in [0, 0.05) is 15.8 Å². The summed E-state index contributed by atoms with van der Waals surface area (Å²) < 4.78 is 4.94. The lowest BCUT2D eigenvalue weighted by atomic mass is 10.3. The van der Waals surface area contributed by atoms with Crippen LogP contribution < -0.4 is 11.1 Å². The van der Waals surface area contributed by atoms with E-state index in [1.807, 2.05) is 18.4 Å². The van der Waals surface area contributed by atoms with Crippen LogP contribution in [-0.4, -0.2) is 30.1 Å². The van der Waals surface area contributed by atoms with Gasteiger partial charge in [-0.3, -0.25) is 9.59 Å². The fourth-order valence-corrected chi connectivity index (χ4v) is 3.48. The lowest BCUT2D eigenvalue weighted by molar-refractivity contribution is -0.142. The predicted octanol–water partition coefficient (Wildman–Crippen LogP) is 2.83. The van der Waals surface area contributed by atoms with Gasteiger partial charge in [0.2, 0.25) is 5.91 Å². The van der Waals surface area contributed by atoms with Crippen LogP contribution in [0.25, 0.3) is 6.08 Å². The van der Waals surface area contributed by atoms with Crippen molar-refractivity contribution in [2.45, 2.75) is 11.8 Å². The van der Waals surface area contributed by atoms with Crippen LogP contribution in [0.1, 0.15) is 10.4 Å². The molecule has 136 valence electrons. The maximum absolute atomic E-state index is 12.0. The maximum atomic E-state index is 12.0. The lowest BCUT2D eigenvalue weighted by Crippen LogP contribution is -2.20. The third-order valence-corrected chi connectivity index (χ3v) is 5.23. The Morgan fingerprint density at radius 3 is 2.73 bits per heavy atom. The summed E-state index contributed by atoms with van der Waals surface area (Å²) >= 11 is 2.74. The number of amides is 2. The zero-order valence-electron chi connectivity index (χ0n) is 14.1. The number of nitrogens with two attached hydrogens (primary N) is 1. The molecule has 1 aromatic carbocycles.